The molecule has 0 spiro atoms. The highest BCUT2D eigenvalue weighted by molar-refractivity contribution is 7.90. The highest BCUT2D eigenvalue weighted by Gasteiger charge is 2.27. The molecule has 5 nitrogen and oxygen atoms in total. The predicted octanol–water partition coefficient (Wildman–Crippen LogP) is 3.82. The maximum absolute atomic E-state index is 13.2. The minimum Gasteiger partial charge on any atom is -0.492 e. The Kier molecular flexibility index (Phi) is 5.08. The summed E-state index contributed by atoms with van der Waals surface area (Å²) in [6, 6.07) is 7.12. The predicted molar refractivity (Wildman–Crippen MR) is 95.2 cm³/mol. The van der Waals surface area contributed by atoms with Crippen LogP contribution in [0.4, 0.5) is 0 Å². The van der Waals surface area contributed by atoms with Crippen LogP contribution in [0.1, 0.15) is 51.1 Å². The molecule has 0 saturated heterocycles. The van der Waals surface area contributed by atoms with Crippen LogP contribution in [0.15, 0.2) is 29.2 Å². The van der Waals surface area contributed by atoms with Crippen molar-refractivity contribution in [2.75, 3.05) is 6.61 Å². The minimum atomic E-state index is -3.81. The summed E-state index contributed by atoms with van der Waals surface area (Å²) in [5, 5.41) is 4.14. The fraction of sp³-hybridized carbons (Fsp3) is 0.500. The second-order valence-corrected chi connectivity index (χ2v) is 8.77. The molecule has 2 rings (SSSR count). The van der Waals surface area contributed by atoms with Crippen molar-refractivity contribution < 1.29 is 13.2 Å². The maximum Gasteiger partial charge on any atom is 0.286 e. The molecule has 1 heterocycles. The van der Waals surface area contributed by atoms with E-state index in [1.165, 1.54) is 0 Å². The molecular weight excluding hydrogens is 324 g/mol. The lowest BCUT2D eigenvalue weighted by atomic mass is 9.87. The topological polar surface area (TPSA) is 61.2 Å². The van der Waals surface area contributed by atoms with Crippen molar-refractivity contribution in [1.29, 1.82) is 0 Å². The lowest BCUT2D eigenvalue weighted by Gasteiger charge is -2.21. The highest BCUT2D eigenvalue weighted by atomic mass is 32.2. The first-order chi connectivity index (χ1) is 11.1. The zero-order valence-electron chi connectivity index (χ0n) is 15.3. The molecular formula is C18H26N2O3S. The quantitative estimate of drug-likeness (QED) is 0.822. The van der Waals surface area contributed by atoms with Crippen LogP contribution in [0.3, 0.4) is 0 Å². The maximum atomic E-state index is 13.2. The van der Waals surface area contributed by atoms with Gasteiger partial charge in [-0.05, 0) is 49.4 Å². The van der Waals surface area contributed by atoms with E-state index in [0.29, 0.717) is 23.7 Å². The van der Waals surface area contributed by atoms with Gasteiger partial charge in [0, 0.05) is 0 Å². The van der Waals surface area contributed by atoms with Crippen molar-refractivity contribution in [3.8, 4) is 5.75 Å². The molecule has 132 valence electrons. The number of hydrogen-bond acceptors (Lipinski definition) is 4. The number of nitrogens with zero attached hydrogens (tertiary/aromatic N) is 2. The van der Waals surface area contributed by atoms with Gasteiger partial charge in [-0.15, -0.1) is 0 Å². The van der Waals surface area contributed by atoms with E-state index >= 15 is 0 Å². The largest absolute Gasteiger partial charge is 0.492 e. The van der Waals surface area contributed by atoms with Gasteiger partial charge in [0.2, 0.25) is 0 Å². The first kappa shape index (κ1) is 18.5. The lowest BCUT2D eigenvalue weighted by Crippen LogP contribution is -2.19. The Morgan fingerprint density at radius 2 is 1.83 bits per heavy atom. The second kappa shape index (κ2) is 6.59. The van der Waals surface area contributed by atoms with E-state index in [9.17, 15) is 8.42 Å². The summed E-state index contributed by atoms with van der Waals surface area (Å²) in [6.07, 6.45) is 0.806. The zero-order chi connectivity index (χ0) is 18.1. The van der Waals surface area contributed by atoms with Gasteiger partial charge < -0.3 is 4.74 Å². The summed E-state index contributed by atoms with van der Waals surface area (Å²) in [7, 11) is -3.81. The van der Waals surface area contributed by atoms with Gasteiger partial charge >= 0.3 is 0 Å². The Balaban J connectivity index is 2.66. The van der Waals surface area contributed by atoms with Crippen molar-refractivity contribution >= 4 is 10.0 Å². The average molecular weight is 350 g/mol. The van der Waals surface area contributed by atoms with Crippen molar-refractivity contribution in [1.82, 2.24) is 9.19 Å². The number of benzene rings is 1. The summed E-state index contributed by atoms with van der Waals surface area (Å²) in [4.78, 5) is 0.162. The molecule has 0 amide bonds. The van der Waals surface area contributed by atoms with Gasteiger partial charge in [-0.25, -0.2) is 0 Å². The third-order valence-electron chi connectivity index (χ3n) is 3.75. The van der Waals surface area contributed by atoms with Crippen LogP contribution in [-0.4, -0.2) is 24.2 Å². The molecule has 0 atom stereocenters. The molecule has 0 radical (unpaired) electrons. The van der Waals surface area contributed by atoms with Crippen LogP contribution in [0, 0.1) is 13.8 Å². The van der Waals surface area contributed by atoms with E-state index in [-0.39, 0.29) is 10.3 Å². The molecule has 1 aromatic heterocycles. The Morgan fingerprint density at radius 3 is 2.33 bits per heavy atom. The first-order valence-corrected chi connectivity index (χ1v) is 9.57. The van der Waals surface area contributed by atoms with E-state index in [2.05, 4.69) is 25.9 Å². The Hall–Kier alpha value is -1.82. The van der Waals surface area contributed by atoms with E-state index in [1.807, 2.05) is 13.0 Å². The number of ether oxygens (including phenoxy) is 1. The smallest absolute Gasteiger partial charge is 0.286 e. The van der Waals surface area contributed by atoms with Gasteiger partial charge in [-0.1, -0.05) is 33.8 Å². The summed E-state index contributed by atoms with van der Waals surface area (Å²) >= 11 is 0. The molecule has 0 aliphatic rings. The van der Waals surface area contributed by atoms with Crippen LogP contribution in [-0.2, 0) is 15.4 Å². The summed E-state index contributed by atoms with van der Waals surface area (Å²) in [5.41, 5.74) is 2.02. The molecule has 1 aromatic carbocycles. The Morgan fingerprint density at radius 1 is 1.17 bits per heavy atom. The van der Waals surface area contributed by atoms with Gasteiger partial charge in [-0.3, -0.25) is 0 Å². The van der Waals surface area contributed by atoms with Crippen LogP contribution < -0.4 is 4.74 Å². The third kappa shape index (κ3) is 3.64. The monoisotopic (exact) mass is 350 g/mol. The Labute approximate surface area is 144 Å². The fourth-order valence-electron chi connectivity index (χ4n) is 2.45. The first-order valence-electron chi connectivity index (χ1n) is 8.13. The molecule has 0 bridgehead atoms. The normalized spacial score (nSPS) is 12.4. The number of rotatable bonds is 5. The van der Waals surface area contributed by atoms with Crippen molar-refractivity contribution in [2.24, 2.45) is 0 Å². The summed E-state index contributed by atoms with van der Waals surface area (Å²) < 4.78 is 33.1. The van der Waals surface area contributed by atoms with Crippen molar-refractivity contribution in [3.63, 3.8) is 0 Å². The zero-order valence-corrected chi connectivity index (χ0v) is 16.1. The van der Waals surface area contributed by atoms with Gasteiger partial charge in [-0.2, -0.15) is 17.6 Å². The molecule has 0 fully saturated rings. The highest BCUT2D eigenvalue weighted by Crippen LogP contribution is 2.32. The molecule has 0 saturated carbocycles. The summed E-state index contributed by atoms with van der Waals surface area (Å²) in [6.45, 7) is 12.1. The Bertz CT molecular complexity index is 830. The van der Waals surface area contributed by atoms with E-state index in [0.717, 1.165) is 16.1 Å². The van der Waals surface area contributed by atoms with Crippen LogP contribution in [0.25, 0.3) is 0 Å². The molecule has 6 heteroatoms. The van der Waals surface area contributed by atoms with E-state index in [1.54, 1.807) is 32.0 Å². The van der Waals surface area contributed by atoms with E-state index < -0.39 is 10.0 Å². The molecule has 0 aliphatic heterocycles. The average Bonchev–Trinajstić information content (AvgIpc) is 2.83. The minimum absolute atomic E-state index is 0.162. The molecule has 0 aliphatic carbocycles. The molecule has 0 N–H and O–H groups in total. The molecule has 24 heavy (non-hydrogen) atoms. The van der Waals surface area contributed by atoms with Crippen LogP contribution in [0.2, 0.25) is 0 Å². The number of hydrogen-bond donors (Lipinski definition) is 0. The van der Waals surface area contributed by atoms with Crippen molar-refractivity contribution in [3.05, 3.63) is 41.2 Å². The number of aromatic nitrogens is 2. The van der Waals surface area contributed by atoms with Gasteiger partial charge in [0.1, 0.15) is 10.6 Å². The fourth-order valence-corrected chi connectivity index (χ4v) is 3.96. The summed E-state index contributed by atoms with van der Waals surface area (Å²) in [5.74, 6) is 0.373. The standard InChI is InChI=1S/C18H26N2O3S/c1-7-10-23-16-9-8-15(18(4,5)6)12-17(16)24(21,22)20-14(3)11-13(2)19-20/h8-9,11-12H,7,10H2,1-6H3. The van der Waals surface area contributed by atoms with Gasteiger partial charge in [0.15, 0.2) is 0 Å². The van der Waals surface area contributed by atoms with Crippen LogP contribution in [0.5, 0.6) is 5.75 Å². The third-order valence-corrected chi connectivity index (χ3v) is 5.44. The second-order valence-electron chi connectivity index (χ2n) is 7.04. The van der Waals surface area contributed by atoms with Gasteiger partial charge in [0.05, 0.1) is 18.0 Å². The molecule has 2 aromatic rings. The van der Waals surface area contributed by atoms with Crippen molar-refractivity contribution in [2.45, 2.75) is 58.3 Å². The van der Waals surface area contributed by atoms with E-state index in [4.69, 9.17) is 4.74 Å². The SMILES string of the molecule is CCCOc1ccc(C(C)(C)C)cc1S(=O)(=O)n1nc(C)cc1C. The van der Waals surface area contributed by atoms with Gasteiger partial charge in [0.25, 0.3) is 10.0 Å². The van der Waals surface area contributed by atoms with Crippen LogP contribution >= 0.6 is 0 Å². The molecule has 0 unspecified atom stereocenters. The number of aryl methyl sites for hydroxylation is 2. The lowest BCUT2D eigenvalue weighted by molar-refractivity contribution is 0.308.